The Morgan fingerprint density at radius 2 is 2.00 bits per heavy atom. The molecule has 1 aromatic heterocycles. The first-order valence-electron chi connectivity index (χ1n) is 8.25. The summed E-state index contributed by atoms with van der Waals surface area (Å²) >= 11 is 2.40. The standard InChI is InChI=1S/C17H21F2N3OS2/c1-3-5-7-11(4-2)15(23)20-16-21-22-17(25-16)24-10-12-13(18)8-6-9-14(12)19/h6,8-9,11H,3-5,7,10H2,1-2H3,(H,20,21,23). The minimum absolute atomic E-state index is 0.0129. The van der Waals surface area contributed by atoms with E-state index >= 15 is 0 Å². The molecule has 8 heteroatoms. The largest absolute Gasteiger partial charge is 0.300 e. The van der Waals surface area contributed by atoms with Crippen LogP contribution in [0.5, 0.6) is 0 Å². The summed E-state index contributed by atoms with van der Waals surface area (Å²) in [6.45, 7) is 4.08. The molecule has 1 unspecified atom stereocenters. The van der Waals surface area contributed by atoms with Gasteiger partial charge in [0, 0.05) is 17.2 Å². The fourth-order valence-corrected chi connectivity index (χ4v) is 4.07. The van der Waals surface area contributed by atoms with Gasteiger partial charge in [-0.3, -0.25) is 4.79 Å². The number of nitrogens with one attached hydrogen (secondary N) is 1. The van der Waals surface area contributed by atoms with Crippen LogP contribution in [0.25, 0.3) is 0 Å². The molecular weight excluding hydrogens is 364 g/mol. The van der Waals surface area contributed by atoms with Crippen LogP contribution in [-0.4, -0.2) is 16.1 Å². The number of carbonyl (C=O) groups excluding carboxylic acids is 1. The molecule has 2 aromatic rings. The molecule has 136 valence electrons. The lowest BCUT2D eigenvalue weighted by Gasteiger charge is -2.12. The predicted octanol–water partition coefficient (Wildman–Crippen LogP) is 5.26. The maximum Gasteiger partial charge on any atom is 0.229 e. The van der Waals surface area contributed by atoms with Gasteiger partial charge >= 0.3 is 0 Å². The van der Waals surface area contributed by atoms with Gasteiger partial charge in [-0.1, -0.05) is 55.9 Å². The molecule has 25 heavy (non-hydrogen) atoms. The third kappa shape index (κ3) is 5.74. The number of unbranched alkanes of at least 4 members (excludes halogenated alkanes) is 1. The van der Waals surface area contributed by atoms with E-state index in [9.17, 15) is 13.6 Å². The Morgan fingerprint density at radius 1 is 1.28 bits per heavy atom. The molecule has 0 saturated heterocycles. The van der Waals surface area contributed by atoms with Crippen LogP contribution in [-0.2, 0) is 10.5 Å². The molecule has 1 N–H and O–H groups in total. The minimum Gasteiger partial charge on any atom is -0.300 e. The van der Waals surface area contributed by atoms with Crippen molar-refractivity contribution in [1.29, 1.82) is 0 Å². The lowest BCUT2D eigenvalue weighted by atomic mass is 9.99. The van der Waals surface area contributed by atoms with Crippen LogP contribution in [0, 0.1) is 17.6 Å². The van der Waals surface area contributed by atoms with Gasteiger partial charge in [-0.25, -0.2) is 8.78 Å². The highest BCUT2D eigenvalue weighted by molar-refractivity contribution is 8.00. The molecule has 0 radical (unpaired) electrons. The summed E-state index contributed by atoms with van der Waals surface area (Å²) < 4.78 is 27.8. The van der Waals surface area contributed by atoms with E-state index in [0.717, 1.165) is 25.7 Å². The second-order valence-electron chi connectivity index (χ2n) is 5.60. The lowest BCUT2D eigenvalue weighted by Crippen LogP contribution is -2.22. The number of hydrogen-bond acceptors (Lipinski definition) is 5. The maximum atomic E-state index is 13.6. The molecular formula is C17H21F2N3OS2. The summed E-state index contributed by atoms with van der Waals surface area (Å²) in [5.74, 6) is -1.12. The Hall–Kier alpha value is -1.54. The molecule has 1 aromatic carbocycles. The lowest BCUT2D eigenvalue weighted by molar-refractivity contribution is -0.120. The van der Waals surface area contributed by atoms with Gasteiger partial charge in [-0.2, -0.15) is 0 Å². The van der Waals surface area contributed by atoms with Gasteiger partial charge in [0.15, 0.2) is 4.34 Å². The fourth-order valence-electron chi connectivity index (χ4n) is 2.30. The normalized spacial score (nSPS) is 12.2. The SMILES string of the molecule is CCCCC(CC)C(=O)Nc1nnc(SCc2c(F)cccc2F)s1. The number of amides is 1. The number of anilines is 1. The molecule has 0 bridgehead atoms. The zero-order valence-electron chi connectivity index (χ0n) is 14.2. The first-order valence-corrected chi connectivity index (χ1v) is 10.0. The topological polar surface area (TPSA) is 54.9 Å². The highest BCUT2D eigenvalue weighted by atomic mass is 32.2. The van der Waals surface area contributed by atoms with Crippen molar-refractivity contribution < 1.29 is 13.6 Å². The first-order chi connectivity index (χ1) is 12.0. The number of nitrogens with zero attached hydrogens (tertiary/aromatic N) is 2. The van der Waals surface area contributed by atoms with Crippen LogP contribution in [0.15, 0.2) is 22.5 Å². The molecule has 0 fully saturated rings. The number of halogens is 2. The van der Waals surface area contributed by atoms with Crippen LogP contribution in [0.2, 0.25) is 0 Å². The van der Waals surface area contributed by atoms with Crippen LogP contribution in [0.4, 0.5) is 13.9 Å². The predicted molar refractivity (Wildman–Crippen MR) is 97.8 cm³/mol. The number of hydrogen-bond donors (Lipinski definition) is 1. The van der Waals surface area contributed by atoms with Crippen molar-refractivity contribution in [2.24, 2.45) is 5.92 Å². The van der Waals surface area contributed by atoms with Gasteiger partial charge in [0.1, 0.15) is 11.6 Å². The highest BCUT2D eigenvalue weighted by Gasteiger charge is 2.18. The quantitative estimate of drug-likeness (QED) is 0.472. The van der Waals surface area contributed by atoms with Gasteiger partial charge in [-0.05, 0) is 25.0 Å². The van der Waals surface area contributed by atoms with Crippen LogP contribution in [0.1, 0.15) is 45.1 Å². The second kappa shape index (κ2) is 9.82. The van der Waals surface area contributed by atoms with E-state index in [2.05, 4.69) is 22.4 Å². The van der Waals surface area contributed by atoms with Crippen molar-refractivity contribution in [1.82, 2.24) is 10.2 Å². The third-order valence-corrected chi connectivity index (χ3v) is 5.81. The van der Waals surface area contributed by atoms with E-state index in [1.54, 1.807) is 0 Å². The van der Waals surface area contributed by atoms with E-state index in [4.69, 9.17) is 0 Å². The number of carbonyl (C=O) groups is 1. The second-order valence-corrected chi connectivity index (χ2v) is 7.80. The summed E-state index contributed by atoms with van der Waals surface area (Å²) in [4.78, 5) is 12.2. The molecule has 0 saturated carbocycles. The van der Waals surface area contributed by atoms with Crippen molar-refractivity contribution in [3.63, 3.8) is 0 Å². The van der Waals surface area contributed by atoms with Crippen molar-refractivity contribution in [2.45, 2.75) is 49.6 Å². The molecule has 0 aliphatic heterocycles. The Morgan fingerprint density at radius 3 is 2.64 bits per heavy atom. The van der Waals surface area contributed by atoms with E-state index in [1.807, 2.05) is 6.92 Å². The van der Waals surface area contributed by atoms with Crippen LogP contribution < -0.4 is 5.32 Å². The summed E-state index contributed by atoms with van der Waals surface area (Å²) in [5.41, 5.74) is 0.0129. The molecule has 2 rings (SSSR count). The van der Waals surface area contributed by atoms with E-state index < -0.39 is 11.6 Å². The fraction of sp³-hybridized carbons (Fsp3) is 0.471. The molecule has 0 aliphatic carbocycles. The number of thioether (sulfide) groups is 1. The van der Waals surface area contributed by atoms with E-state index in [-0.39, 0.29) is 23.1 Å². The van der Waals surface area contributed by atoms with Crippen molar-refractivity contribution in [2.75, 3.05) is 5.32 Å². The van der Waals surface area contributed by atoms with Gasteiger partial charge in [0.25, 0.3) is 0 Å². The Kier molecular flexibility index (Phi) is 7.77. The highest BCUT2D eigenvalue weighted by Crippen LogP contribution is 2.30. The summed E-state index contributed by atoms with van der Waals surface area (Å²) in [6, 6.07) is 3.79. The average Bonchev–Trinajstić information content (AvgIpc) is 3.02. The van der Waals surface area contributed by atoms with Crippen LogP contribution >= 0.6 is 23.1 Å². The monoisotopic (exact) mass is 385 g/mol. The molecule has 1 amide bonds. The number of benzene rings is 1. The molecule has 0 spiro atoms. The third-order valence-electron chi connectivity index (χ3n) is 3.81. The minimum atomic E-state index is -0.577. The zero-order chi connectivity index (χ0) is 18.2. The molecule has 0 aliphatic rings. The summed E-state index contributed by atoms with van der Waals surface area (Å²) in [5, 5.41) is 11.1. The Bertz CT molecular complexity index is 689. The van der Waals surface area contributed by atoms with Gasteiger partial charge in [-0.15, -0.1) is 10.2 Å². The van der Waals surface area contributed by atoms with Crippen molar-refractivity contribution >= 4 is 34.1 Å². The van der Waals surface area contributed by atoms with Crippen molar-refractivity contribution in [3.05, 3.63) is 35.4 Å². The Labute approximate surface area is 154 Å². The maximum absolute atomic E-state index is 13.6. The molecule has 1 atom stereocenters. The number of rotatable bonds is 9. The van der Waals surface area contributed by atoms with Gasteiger partial charge < -0.3 is 5.32 Å². The van der Waals surface area contributed by atoms with E-state index in [1.165, 1.54) is 41.3 Å². The zero-order valence-corrected chi connectivity index (χ0v) is 15.9. The Balaban J connectivity index is 1.92. The van der Waals surface area contributed by atoms with Gasteiger partial charge in [0.2, 0.25) is 11.0 Å². The first kappa shape index (κ1) is 19.8. The summed E-state index contributed by atoms with van der Waals surface area (Å²) in [7, 11) is 0. The average molecular weight is 386 g/mol. The van der Waals surface area contributed by atoms with E-state index in [0.29, 0.717) is 9.47 Å². The van der Waals surface area contributed by atoms with Crippen molar-refractivity contribution in [3.8, 4) is 0 Å². The summed E-state index contributed by atoms with van der Waals surface area (Å²) in [6.07, 6.45) is 3.69. The molecule has 1 heterocycles. The number of aromatic nitrogens is 2. The molecule has 4 nitrogen and oxygen atoms in total. The van der Waals surface area contributed by atoms with Crippen LogP contribution in [0.3, 0.4) is 0 Å². The smallest absolute Gasteiger partial charge is 0.229 e. The van der Waals surface area contributed by atoms with Gasteiger partial charge in [0.05, 0.1) is 0 Å².